The second-order valence-corrected chi connectivity index (χ2v) is 5.91. The number of rotatable bonds is 3. The maximum atomic E-state index is 12.5. The summed E-state index contributed by atoms with van der Waals surface area (Å²) in [6.45, 7) is 8.01. The van der Waals surface area contributed by atoms with Gasteiger partial charge in [0.15, 0.2) is 0 Å². The van der Waals surface area contributed by atoms with Crippen LogP contribution >= 0.6 is 0 Å². The highest BCUT2D eigenvalue weighted by Crippen LogP contribution is 2.23. The fourth-order valence-electron chi connectivity index (χ4n) is 3.08. The number of carbonyl (C=O) groups is 1. The van der Waals surface area contributed by atoms with E-state index in [-0.39, 0.29) is 12.1 Å². The van der Waals surface area contributed by atoms with E-state index in [0.29, 0.717) is 18.0 Å². The molecule has 1 amide bonds. The van der Waals surface area contributed by atoms with Crippen molar-refractivity contribution in [3.05, 3.63) is 0 Å². The molecule has 4 nitrogen and oxygen atoms in total. The second-order valence-electron chi connectivity index (χ2n) is 5.91. The number of carbonyl (C=O) groups excluding carboxylic acids is 1. The van der Waals surface area contributed by atoms with E-state index in [2.05, 4.69) is 31.0 Å². The number of nitrogens with zero attached hydrogens (tertiary/aromatic N) is 1. The van der Waals surface area contributed by atoms with Gasteiger partial charge in [-0.2, -0.15) is 0 Å². The number of amides is 1. The fraction of sp³-hybridized carbons (Fsp3) is 0.929. The van der Waals surface area contributed by atoms with Crippen LogP contribution < -0.4 is 5.32 Å². The van der Waals surface area contributed by atoms with Crippen LogP contribution in [0.4, 0.5) is 0 Å². The molecular weight excluding hydrogens is 228 g/mol. The summed E-state index contributed by atoms with van der Waals surface area (Å²) in [4.78, 5) is 14.6. The molecule has 0 aromatic rings. The van der Waals surface area contributed by atoms with Crippen LogP contribution in [0.1, 0.15) is 46.5 Å². The lowest BCUT2D eigenvalue weighted by Crippen LogP contribution is -2.56. The Morgan fingerprint density at radius 3 is 2.83 bits per heavy atom. The fourth-order valence-corrected chi connectivity index (χ4v) is 3.08. The van der Waals surface area contributed by atoms with Gasteiger partial charge in [0.05, 0.1) is 12.1 Å². The first-order chi connectivity index (χ1) is 8.58. The maximum absolute atomic E-state index is 12.5. The zero-order valence-electron chi connectivity index (χ0n) is 11.8. The Kier molecular flexibility index (Phi) is 4.62. The molecule has 0 radical (unpaired) electrons. The molecule has 0 spiro atoms. The molecule has 2 aliphatic heterocycles. The lowest BCUT2D eigenvalue weighted by molar-refractivity contribution is -0.142. The Balaban J connectivity index is 1.97. The van der Waals surface area contributed by atoms with Crippen molar-refractivity contribution in [1.82, 2.24) is 10.2 Å². The van der Waals surface area contributed by atoms with E-state index >= 15 is 0 Å². The molecule has 0 saturated carbocycles. The average molecular weight is 254 g/mol. The highest BCUT2D eigenvalue weighted by atomic mass is 16.5. The quantitative estimate of drug-likeness (QED) is 0.830. The van der Waals surface area contributed by atoms with E-state index in [0.717, 1.165) is 38.8 Å². The van der Waals surface area contributed by atoms with Crippen LogP contribution in [0.5, 0.6) is 0 Å². The minimum atomic E-state index is 0.0249. The minimum absolute atomic E-state index is 0.0249. The van der Waals surface area contributed by atoms with Gasteiger partial charge in [-0.25, -0.2) is 0 Å². The summed E-state index contributed by atoms with van der Waals surface area (Å²) >= 11 is 0. The van der Waals surface area contributed by atoms with Gasteiger partial charge < -0.3 is 15.0 Å². The van der Waals surface area contributed by atoms with Crippen molar-refractivity contribution < 1.29 is 9.53 Å². The van der Waals surface area contributed by atoms with E-state index in [1.54, 1.807) is 0 Å². The number of nitrogens with one attached hydrogen (secondary N) is 1. The molecule has 2 saturated heterocycles. The van der Waals surface area contributed by atoms with Crippen LogP contribution in [0.15, 0.2) is 0 Å². The summed E-state index contributed by atoms with van der Waals surface area (Å²) in [6, 6.07) is 0.780. The normalized spacial score (nSPS) is 34.1. The highest BCUT2D eigenvalue weighted by molar-refractivity contribution is 5.83. The molecule has 0 bridgehead atoms. The predicted octanol–water partition coefficient (Wildman–Crippen LogP) is 1.54. The number of piperidine rings is 1. The monoisotopic (exact) mass is 254 g/mol. The van der Waals surface area contributed by atoms with Crippen LogP contribution in [-0.2, 0) is 9.53 Å². The smallest absolute Gasteiger partial charge is 0.239 e. The van der Waals surface area contributed by atoms with Crippen LogP contribution in [0.25, 0.3) is 0 Å². The molecule has 2 fully saturated rings. The van der Waals surface area contributed by atoms with Gasteiger partial charge >= 0.3 is 0 Å². The van der Waals surface area contributed by atoms with E-state index in [1.807, 2.05) is 0 Å². The third kappa shape index (κ3) is 3.23. The Morgan fingerprint density at radius 2 is 2.17 bits per heavy atom. The first-order valence-electron chi connectivity index (χ1n) is 7.26. The van der Waals surface area contributed by atoms with Crippen LogP contribution in [0.2, 0.25) is 0 Å². The van der Waals surface area contributed by atoms with E-state index in [1.165, 1.54) is 0 Å². The molecule has 18 heavy (non-hydrogen) atoms. The lowest BCUT2D eigenvalue weighted by Gasteiger charge is -2.41. The Hall–Kier alpha value is -0.610. The average Bonchev–Trinajstić information content (AvgIpc) is 2.31. The van der Waals surface area contributed by atoms with Crippen molar-refractivity contribution in [3.63, 3.8) is 0 Å². The van der Waals surface area contributed by atoms with Gasteiger partial charge in [0.1, 0.15) is 0 Å². The molecule has 0 aliphatic carbocycles. The van der Waals surface area contributed by atoms with Crippen molar-refractivity contribution in [2.24, 2.45) is 0 Å². The Bertz CT molecular complexity index is 294. The SMILES string of the molecule is CC(C)NC1CCCN(C2CCOC(C)C2)C1=O. The summed E-state index contributed by atoms with van der Waals surface area (Å²) in [6.07, 6.45) is 4.36. The molecular formula is C14H26N2O2. The van der Waals surface area contributed by atoms with Crippen molar-refractivity contribution in [2.75, 3.05) is 13.2 Å². The first-order valence-corrected chi connectivity index (χ1v) is 7.26. The van der Waals surface area contributed by atoms with E-state index in [9.17, 15) is 4.79 Å². The summed E-state index contributed by atoms with van der Waals surface area (Å²) in [7, 11) is 0. The van der Waals surface area contributed by atoms with Crippen LogP contribution in [0, 0.1) is 0 Å². The standard InChI is InChI=1S/C14H26N2O2/c1-10(2)15-13-5-4-7-16(14(13)17)12-6-8-18-11(3)9-12/h10-13,15H,4-9H2,1-3H3. The maximum Gasteiger partial charge on any atom is 0.239 e. The van der Waals surface area contributed by atoms with Crippen LogP contribution in [0.3, 0.4) is 0 Å². The molecule has 0 aromatic carbocycles. The van der Waals surface area contributed by atoms with E-state index in [4.69, 9.17) is 4.74 Å². The van der Waals surface area contributed by atoms with Crippen molar-refractivity contribution in [2.45, 2.75) is 70.7 Å². The Morgan fingerprint density at radius 1 is 1.39 bits per heavy atom. The van der Waals surface area contributed by atoms with Gasteiger partial charge in [0.2, 0.25) is 5.91 Å². The molecule has 2 aliphatic rings. The topological polar surface area (TPSA) is 41.6 Å². The Labute approximate surface area is 110 Å². The predicted molar refractivity (Wildman–Crippen MR) is 71.4 cm³/mol. The number of ether oxygens (including phenoxy) is 1. The first kappa shape index (κ1) is 13.8. The minimum Gasteiger partial charge on any atom is -0.378 e. The van der Waals surface area contributed by atoms with E-state index < -0.39 is 0 Å². The summed E-state index contributed by atoms with van der Waals surface area (Å²) in [5.41, 5.74) is 0. The molecule has 1 N–H and O–H groups in total. The van der Waals surface area contributed by atoms with Crippen molar-refractivity contribution in [3.8, 4) is 0 Å². The van der Waals surface area contributed by atoms with Gasteiger partial charge in [-0.1, -0.05) is 13.8 Å². The summed E-state index contributed by atoms with van der Waals surface area (Å²) < 4.78 is 5.57. The van der Waals surface area contributed by atoms with Gasteiger partial charge in [-0.3, -0.25) is 4.79 Å². The van der Waals surface area contributed by atoms with Gasteiger partial charge in [-0.05, 0) is 32.6 Å². The molecule has 2 rings (SSSR count). The number of hydrogen-bond donors (Lipinski definition) is 1. The van der Waals surface area contributed by atoms with Crippen LogP contribution in [-0.4, -0.2) is 48.2 Å². The largest absolute Gasteiger partial charge is 0.378 e. The summed E-state index contributed by atoms with van der Waals surface area (Å²) in [5, 5.41) is 3.39. The molecule has 3 unspecified atom stereocenters. The molecule has 104 valence electrons. The van der Waals surface area contributed by atoms with Gasteiger partial charge in [0, 0.05) is 25.2 Å². The number of likely N-dealkylation sites (tertiary alicyclic amines) is 1. The van der Waals surface area contributed by atoms with Gasteiger partial charge in [-0.15, -0.1) is 0 Å². The second kappa shape index (κ2) is 6.02. The summed E-state index contributed by atoms with van der Waals surface area (Å²) in [5.74, 6) is 0.300. The molecule has 0 aromatic heterocycles. The zero-order chi connectivity index (χ0) is 13.1. The molecule has 4 heteroatoms. The van der Waals surface area contributed by atoms with Gasteiger partial charge in [0.25, 0.3) is 0 Å². The highest BCUT2D eigenvalue weighted by Gasteiger charge is 2.35. The zero-order valence-corrected chi connectivity index (χ0v) is 11.8. The molecule has 2 heterocycles. The third-order valence-electron chi connectivity index (χ3n) is 3.91. The molecule has 3 atom stereocenters. The number of hydrogen-bond acceptors (Lipinski definition) is 3. The van der Waals surface area contributed by atoms with Crippen molar-refractivity contribution >= 4 is 5.91 Å². The third-order valence-corrected chi connectivity index (χ3v) is 3.91. The lowest BCUT2D eigenvalue weighted by atomic mass is 9.96. The van der Waals surface area contributed by atoms with Crippen molar-refractivity contribution in [1.29, 1.82) is 0 Å².